The molecular formula is C24H23N3O6S. The van der Waals surface area contributed by atoms with Crippen molar-refractivity contribution in [2.24, 2.45) is 5.10 Å². The van der Waals surface area contributed by atoms with Gasteiger partial charge in [0.25, 0.3) is 15.9 Å². The Hall–Kier alpha value is -4.05. The number of ether oxygens (including phenoxy) is 3. The van der Waals surface area contributed by atoms with E-state index in [4.69, 9.17) is 14.2 Å². The zero-order valence-corrected chi connectivity index (χ0v) is 19.2. The Bertz CT molecular complexity index is 1300. The Morgan fingerprint density at radius 1 is 1.06 bits per heavy atom. The summed E-state index contributed by atoms with van der Waals surface area (Å²) in [4.78, 5) is 12.8. The van der Waals surface area contributed by atoms with Gasteiger partial charge < -0.3 is 14.2 Å². The smallest absolute Gasteiger partial charge is 0.264 e. The average molecular weight is 482 g/mol. The Kier molecular flexibility index (Phi) is 6.98. The highest BCUT2D eigenvalue weighted by Gasteiger charge is 2.27. The van der Waals surface area contributed by atoms with Gasteiger partial charge in [0.1, 0.15) is 25.5 Å². The molecule has 1 heterocycles. The Labute approximate surface area is 197 Å². The maximum atomic E-state index is 13.4. The molecule has 34 heavy (non-hydrogen) atoms. The lowest BCUT2D eigenvalue weighted by Crippen LogP contribution is -2.39. The predicted octanol–water partition coefficient (Wildman–Crippen LogP) is 2.81. The van der Waals surface area contributed by atoms with Crippen LogP contribution in [0.5, 0.6) is 17.2 Å². The van der Waals surface area contributed by atoms with Crippen LogP contribution < -0.4 is 23.9 Å². The lowest BCUT2D eigenvalue weighted by atomic mass is 10.2. The Morgan fingerprint density at radius 2 is 1.82 bits per heavy atom. The summed E-state index contributed by atoms with van der Waals surface area (Å²) in [5.41, 5.74) is 3.29. The number of carbonyl (C=O) groups excluding carboxylic acids is 1. The number of fused-ring (bicyclic) bond motifs is 1. The van der Waals surface area contributed by atoms with Crippen molar-refractivity contribution in [2.45, 2.75) is 4.90 Å². The van der Waals surface area contributed by atoms with Gasteiger partial charge in [0.05, 0.1) is 23.9 Å². The number of para-hydroxylation sites is 1. The zero-order chi connectivity index (χ0) is 24.0. The maximum Gasteiger partial charge on any atom is 0.264 e. The third-order valence-corrected chi connectivity index (χ3v) is 6.74. The first-order valence-electron chi connectivity index (χ1n) is 10.4. The van der Waals surface area contributed by atoms with Crippen LogP contribution in [0.3, 0.4) is 0 Å². The van der Waals surface area contributed by atoms with Gasteiger partial charge in [0.2, 0.25) is 0 Å². The van der Waals surface area contributed by atoms with Crippen LogP contribution in [-0.4, -0.2) is 47.4 Å². The van der Waals surface area contributed by atoms with Crippen LogP contribution in [0.2, 0.25) is 0 Å². The van der Waals surface area contributed by atoms with Crippen LogP contribution in [0.15, 0.2) is 82.8 Å². The fourth-order valence-electron chi connectivity index (χ4n) is 3.34. The largest absolute Gasteiger partial charge is 0.497 e. The van der Waals surface area contributed by atoms with E-state index >= 15 is 0 Å². The Morgan fingerprint density at radius 3 is 2.62 bits per heavy atom. The van der Waals surface area contributed by atoms with Crippen molar-refractivity contribution in [1.82, 2.24) is 5.43 Å². The average Bonchev–Trinajstić information content (AvgIpc) is 2.88. The third-order valence-electron chi connectivity index (χ3n) is 4.95. The quantitative estimate of drug-likeness (QED) is 0.392. The number of hydrogen-bond acceptors (Lipinski definition) is 7. The summed E-state index contributed by atoms with van der Waals surface area (Å²) in [5, 5.41) is 3.98. The van der Waals surface area contributed by atoms with Gasteiger partial charge in [-0.2, -0.15) is 5.10 Å². The summed E-state index contributed by atoms with van der Waals surface area (Å²) in [5.74, 6) is 0.969. The molecule has 0 radical (unpaired) electrons. The number of methoxy groups -OCH3 is 1. The van der Waals surface area contributed by atoms with Gasteiger partial charge in [-0.25, -0.2) is 13.8 Å². The molecule has 176 valence electrons. The molecule has 1 aliphatic heterocycles. The molecule has 3 aromatic carbocycles. The van der Waals surface area contributed by atoms with Gasteiger partial charge in [-0.3, -0.25) is 9.10 Å². The van der Waals surface area contributed by atoms with E-state index in [1.807, 2.05) is 0 Å². The van der Waals surface area contributed by atoms with Gasteiger partial charge in [-0.05, 0) is 36.4 Å². The molecule has 0 aliphatic carbocycles. The van der Waals surface area contributed by atoms with E-state index in [0.717, 1.165) is 4.31 Å². The van der Waals surface area contributed by atoms with E-state index in [1.54, 1.807) is 60.7 Å². The minimum atomic E-state index is -4.03. The topological polar surface area (TPSA) is 107 Å². The van der Waals surface area contributed by atoms with Crippen LogP contribution in [0.4, 0.5) is 5.69 Å². The van der Waals surface area contributed by atoms with Crippen molar-refractivity contribution in [1.29, 1.82) is 0 Å². The molecule has 9 nitrogen and oxygen atoms in total. The second kappa shape index (κ2) is 10.3. The number of nitrogens with one attached hydrogen (secondary N) is 1. The standard InChI is InChI=1S/C24H23N3O6S/c1-31-20-9-6-8-19(15-20)27(34(29,30)21-10-3-2-4-11-21)17-23(28)26-25-16-18-7-5-12-22-24(18)33-14-13-32-22/h2-12,15-16H,13-14,17H2,1H3,(H,26,28)/b25-16-. The molecule has 0 bridgehead atoms. The molecule has 0 atom stereocenters. The molecule has 0 spiro atoms. The van der Waals surface area contributed by atoms with E-state index in [9.17, 15) is 13.2 Å². The number of rotatable bonds is 8. The molecule has 0 saturated heterocycles. The molecule has 0 fully saturated rings. The van der Waals surface area contributed by atoms with Crippen molar-refractivity contribution in [2.75, 3.05) is 31.2 Å². The fraction of sp³-hybridized carbons (Fsp3) is 0.167. The molecule has 4 rings (SSSR count). The highest BCUT2D eigenvalue weighted by Crippen LogP contribution is 2.32. The first-order valence-corrected chi connectivity index (χ1v) is 11.9. The van der Waals surface area contributed by atoms with Crippen LogP contribution in [0.25, 0.3) is 0 Å². The number of carbonyl (C=O) groups is 1. The third kappa shape index (κ3) is 5.12. The summed E-state index contributed by atoms with van der Waals surface area (Å²) < 4.78 is 44.1. The second-order valence-electron chi connectivity index (χ2n) is 7.19. The number of sulfonamides is 1. The van der Waals surface area contributed by atoms with Crippen LogP contribution in [-0.2, 0) is 14.8 Å². The van der Waals surface area contributed by atoms with Crippen LogP contribution >= 0.6 is 0 Å². The van der Waals surface area contributed by atoms with Crippen molar-refractivity contribution in [3.05, 3.63) is 78.4 Å². The maximum absolute atomic E-state index is 13.4. The van der Waals surface area contributed by atoms with Gasteiger partial charge in [0.15, 0.2) is 11.5 Å². The molecular weight excluding hydrogens is 458 g/mol. The van der Waals surface area contributed by atoms with E-state index in [-0.39, 0.29) is 10.6 Å². The van der Waals surface area contributed by atoms with E-state index in [0.29, 0.717) is 36.0 Å². The lowest BCUT2D eigenvalue weighted by molar-refractivity contribution is -0.119. The number of nitrogens with zero attached hydrogens (tertiary/aromatic N) is 2. The monoisotopic (exact) mass is 481 g/mol. The number of benzene rings is 3. The van der Waals surface area contributed by atoms with E-state index in [1.165, 1.54) is 25.5 Å². The highest BCUT2D eigenvalue weighted by atomic mass is 32.2. The SMILES string of the molecule is COc1cccc(N(CC(=O)N/N=C\c2cccc3c2OCCO3)S(=O)(=O)c2ccccc2)c1. The summed E-state index contributed by atoms with van der Waals surface area (Å²) in [7, 11) is -2.56. The van der Waals surface area contributed by atoms with Gasteiger partial charge in [-0.15, -0.1) is 0 Å². The fourth-order valence-corrected chi connectivity index (χ4v) is 4.77. The lowest BCUT2D eigenvalue weighted by Gasteiger charge is -2.24. The zero-order valence-electron chi connectivity index (χ0n) is 18.4. The minimum absolute atomic E-state index is 0.0576. The van der Waals surface area contributed by atoms with Crippen molar-refractivity contribution < 1.29 is 27.4 Å². The molecule has 1 aliphatic rings. The first-order chi connectivity index (χ1) is 16.5. The summed E-state index contributed by atoms with van der Waals surface area (Å²) in [6.45, 7) is 0.381. The van der Waals surface area contributed by atoms with Crippen molar-refractivity contribution >= 4 is 27.8 Å². The minimum Gasteiger partial charge on any atom is -0.497 e. The molecule has 0 unspecified atom stereocenters. The number of hydrogen-bond donors (Lipinski definition) is 1. The first kappa shape index (κ1) is 23.1. The molecule has 0 saturated carbocycles. The molecule has 0 aromatic heterocycles. The van der Waals surface area contributed by atoms with E-state index < -0.39 is 22.5 Å². The predicted molar refractivity (Wildman–Crippen MR) is 127 cm³/mol. The molecule has 3 aromatic rings. The number of amides is 1. The van der Waals surface area contributed by atoms with Crippen molar-refractivity contribution in [3.8, 4) is 17.2 Å². The van der Waals surface area contributed by atoms with Crippen LogP contribution in [0.1, 0.15) is 5.56 Å². The molecule has 1 amide bonds. The normalized spacial score (nSPS) is 12.9. The summed E-state index contributed by atoms with van der Waals surface area (Å²) >= 11 is 0. The van der Waals surface area contributed by atoms with Gasteiger partial charge in [0, 0.05) is 11.6 Å². The highest BCUT2D eigenvalue weighted by molar-refractivity contribution is 7.92. The van der Waals surface area contributed by atoms with Crippen LogP contribution in [0, 0.1) is 0 Å². The molecule has 1 N–H and O–H groups in total. The summed E-state index contributed by atoms with van der Waals surface area (Å²) in [6, 6.07) is 19.7. The number of hydrazone groups is 1. The van der Waals surface area contributed by atoms with Gasteiger partial charge >= 0.3 is 0 Å². The van der Waals surface area contributed by atoms with Crippen molar-refractivity contribution in [3.63, 3.8) is 0 Å². The second-order valence-corrected chi connectivity index (χ2v) is 9.05. The van der Waals surface area contributed by atoms with E-state index in [2.05, 4.69) is 10.5 Å². The molecule has 10 heteroatoms. The van der Waals surface area contributed by atoms with Gasteiger partial charge in [-0.1, -0.05) is 30.3 Å². The summed E-state index contributed by atoms with van der Waals surface area (Å²) in [6.07, 6.45) is 1.42. The number of anilines is 1. The Balaban J connectivity index is 1.56.